The number of esters is 2. The minimum atomic E-state index is -5.26. The molecule has 0 aliphatic rings. The van der Waals surface area contributed by atoms with Gasteiger partial charge in [-0.1, -0.05) is 18.2 Å². The van der Waals surface area contributed by atoms with Gasteiger partial charge in [-0.25, -0.2) is 9.59 Å². The van der Waals surface area contributed by atoms with Gasteiger partial charge < -0.3 is 10.1 Å². The number of carbonyl (C=O) groups is 3. The third-order valence-electron chi connectivity index (χ3n) is 3.51. The second-order valence-corrected chi connectivity index (χ2v) is 5.47. The molecule has 0 saturated carbocycles. The van der Waals surface area contributed by atoms with Crippen LogP contribution in [0, 0.1) is 13.8 Å². The SMILES string of the molecule is Cc1ccccc1C(=O)Nc1ccc(C(=O)OC(=O)C(F)(F)F)c(C)c1. The number of alkyl halides is 3. The van der Waals surface area contributed by atoms with Gasteiger partial charge in [0.25, 0.3) is 5.91 Å². The largest absolute Gasteiger partial charge is 0.491 e. The number of carbonyl (C=O) groups excluding carboxylic acids is 3. The third kappa shape index (κ3) is 4.47. The highest BCUT2D eigenvalue weighted by Gasteiger charge is 2.42. The average Bonchev–Trinajstić information content (AvgIpc) is 2.54. The zero-order valence-electron chi connectivity index (χ0n) is 13.8. The number of amides is 1. The molecule has 0 spiro atoms. The number of aryl methyl sites for hydroxylation is 2. The minimum absolute atomic E-state index is 0.212. The van der Waals surface area contributed by atoms with Crippen LogP contribution in [-0.2, 0) is 9.53 Å². The summed E-state index contributed by atoms with van der Waals surface area (Å²) in [6, 6.07) is 10.8. The van der Waals surface area contributed by atoms with Crippen molar-refractivity contribution in [3.8, 4) is 0 Å². The standard InChI is InChI=1S/C18H14F3NO4/c1-10-5-3-4-6-13(10)15(23)22-12-7-8-14(11(2)9-12)16(24)26-17(25)18(19,20)21/h3-9H,1-2H3,(H,22,23). The van der Waals surface area contributed by atoms with Gasteiger partial charge >= 0.3 is 18.1 Å². The summed E-state index contributed by atoms with van der Waals surface area (Å²) in [6.45, 7) is 3.22. The number of hydrogen-bond donors (Lipinski definition) is 1. The van der Waals surface area contributed by atoms with Crippen LogP contribution in [0.4, 0.5) is 18.9 Å². The Balaban J connectivity index is 2.14. The van der Waals surface area contributed by atoms with Crippen molar-refractivity contribution in [1.82, 2.24) is 0 Å². The molecule has 0 radical (unpaired) electrons. The van der Waals surface area contributed by atoms with Crippen molar-refractivity contribution in [2.45, 2.75) is 20.0 Å². The van der Waals surface area contributed by atoms with Crippen LogP contribution in [-0.4, -0.2) is 24.0 Å². The molecule has 2 rings (SSSR count). The predicted octanol–water partition coefficient (Wildman–Crippen LogP) is 3.80. The lowest BCUT2D eigenvalue weighted by Gasteiger charge is -2.11. The van der Waals surface area contributed by atoms with Crippen LogP contribution >= 0.6 is 0 Å². The van der Waals surface area contributed by atoms with E-state index in [9.17, 15) is 27.6 Å². The summed E-state index contributed by atoms with van der Waals surface area (Å²) in [5, 5.41) is 2.63. The second kappa shape index (κ2) is 7.38. The van der Waals surface area contributed by atoms with E-state index in [0.717, 1.165) is 5.56 Å². The molecule has 26 heavy (non-hydrogen) atoms. The minimum Gasteiger partial charge on any atom is -0.383 e. The summed E-state index contributed by atoms with van der Waals surface area (Å²) in [6.07, 6.45) is -5.26. The number of ether oxygens (including phenoxy) is 1. The van der Waals surface area contributed by atoms with Gasteiger partial charge in [0.05, 0.1) is 5.56 Å². The molecule has 8 heteroatoms. The smallest absolute Gasteiger partial charge is 0.383 e. The Morgan fingerprint density at radius 1 is 0.923 bits per heavy atom. The van der Waals surface area contributed by atoms with Crippen LogP contribution < -0.4 is 5.32 Å². The van der Waals surface area contributed by atoms with Crippen molar-refractivity contribution in [3.05, 3.63) is 64.7 Å². The summed E-state index contributed by atoms with van der Waals surface area (Å²) in [5.41, 5.74) is 1.61. The van der Waals surface area contributed by atoms with E-state index in [2.05, 4.69) is 10.1 Å². The molecule has 0 aromatic heterocycles. The van der Waals surface area contributed by atoms with Crippen molar-refractivity contribution in [2.75, 3.05) is 5.32 Å². The summed E-state index contributed by atoms with van der Waals surface area (Å²) in [5.74, 6) is -4.37. The number of halogens is 3. The molecule has 2 aromatic carbocycles. The topological polar surface area (TPSA) is 72.5 Å². The number of anilines is 1. The molecule has 2 aromatic rings. The quantitative estimate of drug-likeness (QED) is 0.663. The van der Waals surface area contributed by atoms with Crippen LogP contribution in [0.3, 0.4) is 0 Å². The van der Waals surface area contributed by atoms with Crippen molar-refractivity contribution in [1.29, 1.82) is 0 Å². The molecule has 5 nitrogen and oxygen atoms in total. The Morgan fingerprint density at radius 3 is 2.15 bits per heavy atom. The van der Waals surface area contributed by atoms with E-state index >= 15 is 0 Å². The van der Waals surface area contributed by atoms with Gasteiger partial charge in [0.15, 0.2) is 0 Å². The third-order valence-corrected chi connectivity index (χ3v) is 3.51. The van der Waals surface area contributed by atoms with Crippen LogP contribution in [0.1, 0.15) is 31.8 Å². The molecule has 0 atom stereocenters. The number of hydrogen-bond acceptors (Lipinski definition) is 4. The molecule has 0 saturated heterocycles. The summed E-state index contributed by atoms with van der Waals surface area (Å²) >= 11 is 0. The van der Waals surface area contributed by atoms with Gasteiger partial charge in [0.1, 0.15) is 0 Å². The Kier molecular flexibility index (Phi) is 5.44. The highest BCUT2D eigenvalue weighted by atomic mass is 19.4. The van der Waals surface area contributed by atoms with Crippen LogP contribution in [0.2, 0.25) is 0 Å². The molecule has 136 valence electrons. The molecule has 0 aliphatic carbocycles. The lowest BCUT2D eigenvalue weighted by molar-refractivity contribution is -0.193. The van der Waals surface area contributed by atoms with Crippen molar-refractivity contribution in [2.24, 2.45) is 0 Å². The molecule has 0 fully saturated rings. The van der Waals surface area contributed by atoms with Gasteiger partial charge in [0.2, 0.25) is 0 Å². The lowest BCUT2D eigenvalue weighted by Crippen LogP contribution is -2.28. The predicted molar refractivity (Wildman–Crippen MR) is 86.8 cm³/mol. The van der Waals surface area contributed by atoms with E-state index in [4.69, 9.17) is 0 Å². The Bertz CT molecular complexity index is 875. The molecule has 0 aliphatic heterocycles. The summed E-state index contributed by atoms with van der Waals surface area (Å²) in [7, 11) is 0. The molecule has 1 N–H and O–H groups in total. The number of nitrogens with one attached hydrogen (secondary N) is 1. The van der Waals surface area contributed by atoms with Crippen LogP contribution in [0.5, 0.6) is 0 Å². The first-order valence-electron chi connectivity index (χ1n) is 7.40. The summed E-state index contributed by atoms with van der Waals surface area (Å²) < 4.78 is 40.3. The number of rotatable bonds is 3. The van der Waals surface area contributed by atoms with Gasteiger partial charge in [-0.3, -0.25) is 4.79 Å². The molecule has 0 unspecified atom stereocenters. The highest BCUT2D eigenvalue weighted by Crippen LogP contribution is 2.21. The Hall–Kier alpha value is -3.16. The van der Waals surface area contributed by atoms with E-state index in [1.807, 2.05) is 0 Å². The van der Waals surface area contributed by atoms with Crippen LogP contribution in [0.25, 0.3) is 0 Å². The first-order valence-corrected chi connectivity index (χ1v) is 7.40. The normalized spacial score (nSPS) is 11.0. The molecule has 1 amide bonds. The van der Waals surface area contributed by atoms with Crippen molar-refractivity contribution >= 4 is 23.5 Å². The fraction of sp³-hybridized carbons (Fsp3) is 0.167. The maximum absolute atomic E-state index is 12.2. The van der Waals surface area contributed by atoms with E-state index in [-0.39, 0.29) is 17.0 Å². The average molecular weight is 365 g/mol. The zero-order valence-corrected chi connectivity index (χ0v) is 13.8. The Labute approximate surface area is 146 Å². The second-order valence-electron chi connectivity index (χ2n) is 5.47. The summed E-state index contributed by atoms with van der Waals surface area (Å²) in [4.78, 5) is 34.7. The zero-order chi connectivity index (χ0) is 19.5. The molecule has 0 bridgehead atoms. The van der Waals surface area contributed by atoms with Gasteiger partial charge in [-0.15, -0.1) is 0 Å². The maximum Gasteiger partial charge on any atom is 0.491 e. The first-order chi connectivity index (χ1) is 12.1. The first kappa shape index (κ1) is 19.2. The maximum atomic E-state index is 12.2. The number of benzene rings is 2. The van der Waals surface area contributed by atoms with Crippen LogP contribution in [0.15, 0.2) is 42.5 Å². The molecular weight excluding hydrogens is 351 g/mol. The van der Waals surface area contributed by atoms with E-state index in [1.165, 1.54) is 25.1 Å². The van der Waals surface area contributed by atoms with E-state index in [0.29, 0.717) is 11.3 Å². The van der Waals surface area contributed by atoms with E-state index in [1.54, 1.807) is 31.2 Å². The fourth-order valence-electron chi connectivity index (χ4n) is 2.19. The monoisotopic (exact) mass is 365 g/mol. The highest BCUT2D eigenvalue weighted by molar-refractivity contribution is 6.05. The van der Waals surface area contributed by atoms with Gasteiger partial charge in [-0.2, -0.15) is 13.2 Å². The van der Waals surface area contributed by atoms with Crippen molar-refractivity contribution in [3.63, 3.8) is 0 Å². The van der Waals surface area contributed by atoms with Crippen molar-refractivity contribution < 1.29 is 32.3 Å². The lowest BCUT2D eigenvalue weighted by atomic mass is 10.1. The Morgan fingerprint density at radius 2 is 1.58 bits per heavy atom. The molecule has 0 heterocycles. The van der Waals surface area contributed by atoms with Gasteiger partial charge in [-0.05, 0) is 49.2 Å². The van der Waals surface area contributed by atoms with Gasteiger partial charge in [0, 0.05) is 11.3 Å². The molecular formula is C18H14F3NO4. The van der Waals surface area contributed by atoms with E-state index < -0.39 is 18.1 Å². The fourth-order valence-corrected chi connectivity index (χ4v) is 2.19.